The average Bonchev–Trinajstić information content (AvgIpc) is 2.86. The van der Waals surface area contributed by atoms with Gasteiger partial charge < -0.3 is 10.6 Å². The van der Waals surface area contributed by atoms with E-state index in [0.717, 1.165) is 45.1 Å². The first-order valence-electron chi connectivity index (χ1n) is 7.15. The zero-order valence-corrected chi connectivity index (χ0v) is 11.9. The molecule has 0 aliphatic carbocycles. The molecule has 1 saturated heterocycles. The second-order valence-electron chi connectivity index (χ2n) is 5.26. The van der Waals surface area contributed by atoms with Crippen molar-refractivity contribution in [1.29, 1.82) is 0 Å². The Morgan fingerprint density at radius 1 is 1.24 bits per heavy atom. The molecule has 1 heterocycles. The van der Waals surface area contributed by atoms with E-state index in [1.165, 1.54) is 0 Å². The zero-order valence-electron chi connectivity index (χ0n) is 11.9. The van der Waals surface area contributed by atoms with Crippen molar-refractivity contribution in [1.82, 2.24) is 10.6 Å². The van der Waals surface area contributed by atoms with E-state index < -0.39 is 0 Å². The number of carbonyl (C=O) groups excluding carboxylic acids is 1. The third-order valence-electron chi connectivity index (χ3n) is 4.69. The predicted octanol–water partition coefficient (Wildman–Crippen LogP) is 2.60. The van der Waals surface area contributed by atoms with E-state index in [1.807, 2.05) is 0 Å². The molecule has 0 aromatic heterocycles. The summed E-state index contributed by atoms with van der Waals surface area (Å²) in [6.07, 6.45) is 5.98. The summed E-state index contributed by atoms with van der Waals surface area (Å²) in [6, 6.07) is 0. The highest BCUT2D eigenvalue weighted by atomic mass is 16.2. The lowest BCUT2D eigenvalue weighted by molar-refractivity contribution is -0.129. The first-order valence-corrected chi connectivity index (χ1v) is 7.15. The van der Waals surface area contributed by atoms with Gasteiger partial charge in [-0.15, -0.1) is 0 Å². The minimum Gasteiger partial charge on any atom is -0.349 e. The first kappa shape index (κ1) is 14.5. The van der Waals surface area contributed by atoms with Gasteiger partial charge in [0.25, 0.3) is 0 Å². The van der Waals surface area contributed by atoms with Gasteiger partial charge >= 0.3 is 0 Å². The molecule has 2 N–H and O–H groups in total. The fourth-order valence-electron chi connectivity index (χ4n) is 2.84. The van der Waals surface area contributed by atoms with Gasteiger partial charge in [0, 0.05) is 5.54 Å². The van der Waals surface area contributed by atoms with Gasteiger partial charge in [0.05, 0.1) is 5.54 Å². The largest absolute Gasteiger partial charge is 0.349 e. The fourth-order valence-corrected chi connectivity index (χ4v) is 2.84. The van der Waals surface area contributed by atoms with Gasteiger partial charge in [-0.05, 0) is 45.1 Å². The summed E-state index contributed by atoms with van der Waals surface area (Å²) in [4.78, 5) is 12.5. The summed E-state index contributed by atoms with van der Waals surface area (Å²) >= 11 is 0. The molecule has 0 spiro atoms. The van der Waals surface area contributed by atoms with Crippen LogP contribution in [0.25, 0.3) is 0 Å². The normalized spacial score (nSPS) is 24.9. The Morgan fingerprint density at radius 2 is 1.82 bits per heavy atom. The molecule has 3 nitrogen and oxygen atoms in total. The summed E-state index contributed by atoms with van der Waals surface area (Å²) in [5.74, 6) is 0.211. The predicted molar refractivity (Wildman–Crippen MR) is 72.0 cm³/mol. The molecular formula is C14H28N2O. The molecule has 100 valence electrons. The molecule has 0 saturated carbocycles. The van der Waals surface area contributed by atoms with Crippen molar-refractivity contribution in [2.24, 2.45) is 0 Å². The fraction of sp³-hybridized carbons (Fsp3) is 0.929. The number of amides is 1. The lowest BCUT2D eigenvalue weighted by Crippen LogP contribution is -2.59. The number of hydrogen-bond donors (Lipinski definition) is 2. The van der Waals surface area contributed by atoms with Crippen LogP contribution >= 0.6 is 0 Å². The maximum Gasteiger partial charge on any atom is 0.240 e. The van der Waals surface area contributed by atoms with Crippen molar-refractivity contribution < 1.29 is 4.79 Å². The minimum absolute atomic E-state index is 0.0104. The van der Waals surface area contributed by atoms with E-state index in [0.29, 0.717) is 0 Å². The lowest BCUT2D eigenvalue weighted by atomic mass is 9.86. The van der Waals surface area contributed by atoms with Crippen molar-refractivity contribution in [2.45, 2.75) is 77.3 Å². The molecule has 1 amide bonds. The average molecular weight is 240 g/mol. The van der Waals surface area contributed by atoms with E-state index in [9.17, 15) is 4.79 Å². The van der Waals surface area contributed by atoms with Crippen molar-refractivity contribution in [3.8, 4) is 0 Å². The van der Waals surface area contributed by atoms with E-state index in [-0.39, 0.29) is 17.0 Å². The Bertz CT molecular complexity index is 245. The molecule has 1 unspecified atom stereocenters. The van der Waals surface area contributed by atoms with Crippen LogP contribution in [0.4, 0.5) is 0 Å². The zero-order chi connectivity index (χ0) is 12.9. The molecule has 0 bridgehead atoms. The Hall–Kier alpha value is -0.570. The minimum atomic E-state index is -0.301. The summed E-state index contributed by atoms with van der Waals surface area (Å²) < 4.78 is 0. The summed E-state index contributed by atoms with van der Waals surface area (Å²) in [5, 5.41) is 6.71. The number of nitrogens with one attached hydrogen (secondary N) is 2. The monoisotopic (exact) mass is 240 g/mol. The van der Waals surface area contributed by atoms with Gasteiger partial charge in [0.15, 0.2) is 0 Å². The first-order chi connectivity index (χ1) is 8.08. The second-order valence-corrected chi connectivity index (χ2v) is 5.26. The topological polar surface area (TPSA) is 41.1 Å². The molecule has 0 radical (unpaired) electrons. The van der Waals surface area contributed by atoms with Crippen molar-refractivity contribution in [3.63, 3.8) is 0 Å². The summed E-state index contributed by atoms with van der Waals surface area (Å²) in [5.41, 5.74) is -0.311. The smallest absolute Gasteiger partial charge is 0.240 e. The third kappa shape index (κ3) is 2.82. The van der Waals surface area contributed by atoms with Crippen LogP contribution in [0.1, 0.15) is 66.2 Å². The molecular weight excluding hydrogens is 212 g/mol. The van der Waals surface area contributed by atoms with Gasteiger partial charge in [-0.3, -0.25) is 4.79 Å². The Morgan fingerprint density at radius 3 is 2.18 bits per heavy atom. The summed E-state index contributed by atoms with van der Waals surface area (Å²) in [6.45, 7) is 9.55. The highest BCUT2D eigenvalue weighted by Crippen LogP contribution is 2.26. The maximum atomic E-state index is 12.5. The molecule has 0 aromatic rings. The molecule has 1 fully saturated rings. The van der Waals surface area contributed by atoms with Crippen molar-refractivity contribution in [2.75, 3.05) is 6.54 Å². The van der Waals surface area contributed by atoms with Crippen LogP contribution in [0.2, 0.25) is 0 Å². The van der Waals surface area contributed by atoms with E-state index in [2.05, 4.69) is 38.3 Å². The van der Waals surface area contributed by atoms with Gasteiger partial charge in [-0.25, -0.2) is 0 Å². The van der Waals surface area contributed by atoms with Crippen molar-refractivity contribution in [3.05, 3.63) is 0 Å². The van der Waals surface area contributed by atoms with E-state index in [1.54, 1.807) is 0 Å². The Labute approximate surface area is 106 Å². The van der Waals surface area contributed by atoms with E-state index >= 15 is 0 Å². The van der Waals surface area contributed by atoms with Crippen LogP contribution in [0, 0.1) is 0 Å². The van der Waals surface area contributed by atoms with Gasteiger partial charge in [-0.2, -0.15) is 0 Å². The molecule has 1 atom stereocenters. The Balaban J connectivity index is 2.75. The van der Waals surface area contributed by atoms with Crippen LogP contribution in [0.3, 0.4) is 0 Å². The maximum absolute atomic E-state index is 12.5. The Kier molecular flexibility index (Phi) is 4.99. The molecule has 1 aliphatic rings. The number of rotatable bonds is 6. The summed E-state index contributed by atoms with van der Waals surface area (Å²) in [7, 11) is 0. The molecule has 1 rings (SSSR count). The molecule has 0 aromatic carbocycles. The highest BCUT2D eigenvalue weighted by molar-refractivity contribution is 5.87. The van der Waals surface area contributed by atoms with Crippen molar-refractivity contribution >= 4 is 5.91 Å². The van der Waals surface area contributed by atoms with E-state index in [4.69, 9.17) is 0 Å². The standard InChI is InChI=1S/C14H28N2O/c1-5-13(6-2,7-3)16-12(17)14(8-4)10-9-11-15-14/h15H,5-11H2,1-4H3,(H,16,17). The lowest BCUT2D eigenvalue weighted by Gasteiger charge is -2.37. The quantitative estimate of drug-likeness (QED) is 0.749. The van der Waals surface area contributed by atoms with Gasteiger partial charge in [0.1, 0.15) is 0 Å². The van der Waals surface area contributed by atoms with Crippen LogP contribution in [0.15, 0.2) is 0 Å². The number of carbonyl (C=O) groups is 1. The number of hydrogen-bond acceptors (Lipinski definition) is 2. The van der Waals surface area contributed by atoms with Gasteiger partial charge in [-0.1, -0.05) is 27.7 Å². The van der Waals surface area contributed by atoms with Crippen LogP contribution in [-0.2, 0) is 4.79 Å². The SMILES string of the molecule is CCC(CC)(CC)NC(=O)C1(CC)CCCN1. The van der Waals surface area contributed by atoms with Crippen LogP contribution in [-0.4, -0.2) is 23.5 Å². The second kappa shape index (κ2) is 5.85. The third-order valence-corrected chi connectivity index (χ3v) is 4.69. The molecule has 17 heavy (non-hydrogen) atoms. The van der Waals surface area contributed by atoms with Crippen LogP contribution < -0.4 is 10.6 Å². The van der Waals surface area contributed by atoms with Crippen LogP contribution in [0.5, 0.6) is 0 Å². The van der Waals surface area contributed by atoms with Gasteiger partial charge in [0.2, 0.25) is 5.91 Å². The molecule has 1 aliphatic heterocycles. The highest BCUT2D eigenvalue weighted by Gasteiger charge is 2.41. The molecule has 3 heteroatoms.